The second-order valence-corrected chi connectivity index (χ2v) is 2.76. The van der Waals surface area contributed by atoms with Gasteiger partial charge >= 0.3 is 0 Å². The van der Waals surface area contributed by atoms with E-state index in [-0.39, 0.29) is 18.6 Å². The number of carbonyl (C=O) groups excluding carboxylic acids is 1. The van der Waals surface area contributed by atoms with Crippen molar-refractivity contribution in [3.8, 4) is 6.07 Å². The van der Waals surface area contributed by atoms with E-state index in [2.05, 4.69) is 5.32 Å². The Morgan fingerprint density at radius 3 is 2.85 bits per heavy atom. The maximum atomic E-state index is 11.3. The van der Waals surface area contributed by atoms with Crippen LogP contribution in [0, 0.1) is 17.2 Å². The summed E-state index contributed by atoms with van der Waals surface area (Å²) in [7, 11) is 0. The van der Waals surface area contributed by atoms with Gasteiger partial charge in [0, 0.05) is 6.54 Å². The molecule has 13 heavy (non-hydrogen) atoms. The average molecular weight is 184 g/mol. The molecule has 0 radical (unpaired) electrons. The Bertz CT molecular complexity index is 206. The van der Waals surface area contributed by atoms with Gasteiger partial charge in [0.2, 0.25) is 5.91 Å². The number of nitriles is 1. The number of amides is 1. The van der Waals surface area contributed by atoms with Crippen LogP contribution < -0.4 is 5.32 Å². The van der Waals surface area contributed by atoms with Gasteiger partial charge in [-0.25, -0.2) is 0 Å². The normalized spacial score (nSPS) is 17.8. The van der Waals surface area contributed by atoms with Crippen molar-refractivity contribution in [3.63, 3.8) is 0 Å². The maximum absolute atomic E-state index is 11.3. The Morgan fingerprint density at radius 1 is 1.54 bits per heavy atom. The molecule has 0 saturated carbocycles. The van der Waals surface area contributed by atoms with Crippen molar-refractivity contribution in [3.05, 3.63) is 0 Å². The molecule has 72 valence electrons. The number of rotatable bonds is 3. The highest BCUT2D eigenvalue weighted by Crippen LogP contribution is 2.04. The van der Waals surface area contributed by atoms with Gasteiger partial charge in [-0.2, -0.15) is 5.26 Å². The smallest absolute Gasteiger partial charge is 0.227 e. The number of carbonyl (C=O) groups is 1. The van der Waals surface area contributed by atoms with Crippen molar-refractivity contribution in [2.24, 2.45) is 5.92 Å². The molecule has 0 unspecified atom stereocenters. The second-order valence-electron chi connectivity index (χ2n) is 2.76. The molecule has 5 heteroatoms. The first-order valence-electron chi connectivity index (χ1n) is 4.14. The van der Waals surface area contributed by atoms with Crippen LogP contribution >= 0.6 is 0 Å². The van der Waals surface area contributed by atoms with Crippen LogP contribution in [0.1, 0.15) is 6.42 Å². The Labute approximate surface area is 76.6 Å². The van der Waals surface area contributed by atoms with Gasteiger partial charge in [-0.05, 0) is 0 Å². The Morgan fingerprint density at radius 2 is 2.23 bits per heavy atom. The molecule has 1 heterocycles. The van der Waals surface area contributed by atoms with Gasteiger partial charge in [0.15, 0.2) is 0 Å². The molecule has 0 bridgehead atoms. The highest BCUT2D eigenvalue weighted by atomic mass is 16.7. The topological polar surface area (TPSA) is 71.4 Å². The van der Waals surface area contributed by atoms with E-state index >= 15 is 0 Å². The minimum atomic E-state index is -0.229. The summed E-state index contributed by atoms with van der Waals surface area (Å²) in [6, 6.07) is 1.95. The third-order valence-electron chi connectivity index (χ3n) is 1.71. The molecule has 5 nitrogen and oxygen atoms in total. The number of hydrogen-bond acceptors (Lipinski definition) is 4. The summed E-state index contributed by atoms with van der Waals surface area (Å²) in [6.45, 7) is 1.46. The lowest BCUT2D eigenvalue weighted by atomic mass is 10.1. The van der Waals surface area contributed by atoms with Crippen molar-refractivity contribution < 1.29 is 14.3 Å². The number of hydrogen-bond donors (Lipinski definition) is 1. The van der Waals surface area contributed by atoms with Crippen molar-refractivity contribution in [2.45, 2.75) is 6.42 Å². The van der Waals surface area contributed by atoms with Gasteiger partial charge in [-0.15, -0.1) is 0 Å². The predicted octanol–water partition coefficient (Wildman–Crippen LogP) is -0.363. The number of nitrogens with one attached hydrogen (secondary N) is 1. The maximum Gasteiger partial charge on any atom is 0.227 e. The molecule has 1 amide bonds. The third kappa shape index (κ3) is 3.40. The van der Waals surface area contributed by atoms with Gasteiger partial charge in [0.05, 0.1) is 31.6 Å². The molecule has 1 fully saturated rings. The fourth-order valence-corrected chi connectivity index (χ4v) is 1.03. The van der Waals surface area contributed by atoms with Crippen LogP contribution in [0.4, 0.5) is 0 Å². The van der Waals surface area contributed by atoms with E-state index in [1.165, 1.54) is 0 Å². The summed E-state index contributed by atoms with van der Waals surface area (Å²) in [5, 5.41) is 10.9. The Hall–Kier alpha value is -1.12. The van der Waals surface area contributed by atoms with E-state index in [4.69, 9.17) is 14.7 Å². The molecule has 0 aromatic heterocycles. The lowest BCUT2D eigenvalue weighted by Gasteiger charge is -2.21. The predicted molar refractivity (Wildman–Crippen MR) is 43.5 cm³/mol. The molecule has 0 aromatic rings. The van der Waals surface area contributed by atoms with Crippen LogP contribution in [0.3, 0.4) is 0 Å². The summed E-state index contributed by atoms with van der Waals surface area (Å²) in [5.74, 6) is -0.331. The van der Waals surface area contributed by atoms with Crippen molar-refractivity contribution in [1.82, 2.24) is 5.32 Å². The van der Waals surface area contributed by atoms with Crippen molar-refractivity contribution in [1.29, 1.82) is 5.26 Å². The Kier molecular flexibility index (Phi) is 4.23. The molecule has 0 atom stereocenters. The first-order valence-corrected chi connectivity index (χ1v) is 4.14. The fraction of sp³-hybridized carbons (Fsp3) is 0.750. The molecular weight excluding hydrogens is 172 g/mol. The highest BCUT2D eigenvalue weighted by molar-refractivity contribution is 5.78. The zero-order valence-electron chi connectivity index (χ0n) is 7.28. The van der Waals surface area contributed by atoms with Gasteiger partial charge in [-0.1, -0.05) is 0 Å². The first kappa shape index (κ1) is 9.96. The van der Waals surface area contributed by atoms with Gasteiger partial charge in [0.1, 0.15) is 6.79 Å². The fourth-order valence-electron chi connectivity index (χ4n) is 1.03. The van der Waals surface area contributed by atoms with Crippen molar-refractivity contribution in [2.75, 3.05) is 26.6 Å². The molecule has 1 aliphatic heterocycles. The van der Waals surface area contributed by atoms with E-state index in [9.17, 15) is 4.79 Å². The lowest BCUT2D eigenvalue weighted by molar-refractivity contribution is -0.151. The summed E-state index contributed by atoms with van der Waals surface area (Å²) >= 11 is 0. The van der Waals surface area contributed by atoms with Crippen LogP contribution in [0.5, 0.6) is 0 Å². The van der Waals surface area contributed by atoms with E-state index in [1.54, 1.807) is 0 Å². The first-order chi connectivity index (χ1) is 6.34. The van der Waals surface area contributed by atoms with E-state index in [1.807, 2.05) is 6.07 Å². The standard InChI is InChI=1S/C8H12N2O3/c9-2-1-3-10-8(11)7-4-12-6-13-5-7/h7H,1,3-6H2,(H,10,11). The summed E-state index contributed by atoms with van der Waals surface area (Å²) in [5.41, 5.74) is 0. The molecule has 0 spiro atoms. The van der Waals surface area contributed by atoms with Crippen LogP contribution in [-0.2, 0) is 14.3 Å². The molecule has 1 saturated heterocycles. The van der Waals surface area contributed by atoms with Crippen LogP contribution in [0.25, 0.3) is 0 Å². The van der Waals surface area contributed by atoms with Crippen LogP contribution in [0.15, 0.2) is 0 Å². The zero-order chi connectivity index (χ0) is 9.52. The molecule has 0 aliphatic carbocycles. The second kappa shape index (κ2) is 5.51. The number of nitrogens with zero attached hydrogens (tertiary/aromatic N) is 1. The molecule has 1 rings (SSSR count). The summed E-state index contributed by atoms with van der Waals surface area (Å²) in [4.78, 5) is 11.3. The molecule has 1 aliphatic rings. The van der Waals surface area contributed by atoms with Gasteiger partial charge in [0.25, 0.3) is 0 Å². The third-order valence-corrected chi connectivity index (χ3v) is 1.71. The average Bonchev–Trinajstić information content (AvgIpc) is 2.19. The summed E-state index contributed by atoms with van der Waals surface area (Å²) < 4.78 is 9.92. The van der Waals surface area contributed by atoms with Crippen LogP contribution in [-0.4, -0.2) is 32.5 Å². The van der Waals surface area contributed by atoms with Crippen molar-refractivity contribution >= 4 is 5.91 Å². The molecule has 0 aromatic carbocycles. The molecular formula is C8H12N2O3. The van der Waals surface area contributed by atoms with Gasteiger partial charge in [-0.3, -0.25) is 4.79 Å². The van der Waals surface area contributed by atoms with E-state index < -0.39 is 0 Å². The minimum absolute atomic E-state index is 0.102. The zero-order valence-corrected chi connectivity index (χ0v) is 7.28. The van der Waals surface area contributed by atoms with E-state index in [0.29, 0.717) is 26.2 Å². The highest BCUT2D eigenvalue weighted by Gasteiger charge is 2.21. The van der Waals surface area contributed by atoms with Gasteiger partial charge < -0.3 is 14.8 Å². The lowest BCUT2D eigenvalue weighted by Crippen LogP contribution is -2.39. The molecule has 1 N–H and O–H groups in total. The Balaban J connectivity index is 2.18. The van der Waals surface area contributed by atoms with Crippen LogP contribution in [0.2, 0.25) is 0 Å². The SMILES string of the molecule is N#CCCNC(=O)C1COCOC1. The monoisotopic (exact) mass is 184 g/mol. The quantitative estimate of drug-likeness (QED) is 0.608. The van der Waals surface area contributed by atoms with E-state index in [0.717, 1.165) is 0 Å². The number of ether oxygens (including phenoxy) is 2. The minimum Gasteiger partial charge on any atom is -0.355 e. The largest absolute Gasteiger partial charge is 0.355 e. The summed E-state index contributed by atoms with van der Waals surface area (Å²) in [6.07, 6.45) is 0.334.